The number of hydrogen-bond acceptors (Lipinski definition) is 24. The quantitative estimate of drug-likeness (QED) is 0.0322. The van der Waals surface area contributed by atoms with Gasteiger partial charge in [-0.05, 0) is 19.3 Å². The average molecular weight is 1020 g/mol. The highest BCUT2D eigenvalue weighted by molar-refractivity contribution is 8.04. The van der Waals surface area contributed by atoms with Crippen molar-refractivity contribution in [1.82, 2.24) is 10.6 Å². The summed E-state index contributed by atoms with van der Waals surface area (Å²) in [5.74, 6) is 4.80. The standard InChI is InChI=1S/C10H22N4O2.3C10H20N2O2S2/c11-3-5-13-9(1-7-15)10(2-8-16)14-6-4-12;11-3-7-15-9(1-5-13)10(2-6-14)16-8-4-12;11-2-5-15-9(1-4-13)7-10(8-14)16-6-3-12;11-3-5-15-9(7-13)1-2-10(8-14)16-6-4-12/h7-10,13-14H,1-6,11-12H2;5-6,9-10H,1-4,7-8,11-12H2;4,8-10H,1-3,5-7,11-12H2;7-10H,1-6,11-12H2. The Morgan fingerprint density at radius 3 is 0.969 bits per heavy atom. The molecule has 0 aromatic rings. The molecular weight excluding hydrogens is 941 g/mol. The van der Waals surface area contributed by atoms with Crippen LogP contribution in [0.15, 0.2) is 0 Å². The van der Waals surface area contributed by atoms with Crippen LogP contribution in [0.1, 0.15) is 51.4 Å². The Morgan fingerprint density at radius 1 is 0.359 bits per heavy atom. The van der Waals surface area contributed by atoms with Gasteiger partial charge in [0, 0.05) is 160 Å². The van der Waals surface area contributed by atoms with Crippen LogP contribution < -0.4 is 56.5 Å². The Kier molecular flexibility index (Phi) is 63.3. The van der Waals surface area contributed by atoms with Crippen molar-refractivity contribution < 1.29 is 38.4 Å². The summed E-state index contributed by atoms with van der Waals surface area (Å²) in [5, 5.41) is 6.69. The number of carbonyl (C=O) groups is 8. The van der Waals surface area contributed by atoms with Crippen molar-refractivity contribution in [3.8, 4) is 0 Å². The minimum atomic E-state index is -0.0715. The predicted octanol–water partition coefficient (Wildman–Crippen LogP) is -1.15. The van der Waals surface area contributed by atoms with Gasteiger partial charge < -0.3 is 94.9 Å². The summed E-state index contributed by atoms with van der Waals surface area (Å²) in [5.41, 5.74) is 43.2. The van der Waals surface area contributed by atoms with Gasteiger partial charge >= 0.3 is 0 Å². The summed E-state index contributed by atoms with van der Waals surface area (Å²) in [6.45, 7) is 5.76. The van der Waals surface area contributed by atoms with Gasteiger partial charge in [-0.25, -0.2) is 0 Å². The largest absolute Gasteiger partial charge is 0.330 e. The first-order valence-electron chi connectivity index (χ1n) is 21.5. The highest BCUT2D eigenvalue weighted by atomic mass is 32.2. The first kappa shape index (κ1) is 69.6. The van der Waals surface area contributed by atoms with E-state index in [1.54, 1.807) is 70.6 Å². The molecule has 18 nitrogen and oxygen atoms in total. The second kappa shape index (κ2) is 58.2. The van der Waals surface area contributed by atoms with Crippen LogP contribution in [0.3, 0.4) is 0 Å². The molecule has 0 aliphatic heterocycles. The van der Waals surface area contributed by atoms with E-state index in [9.17, 15) is 38.4 Å². The second-order valence-corrected chi connectivity index (χ2v) is 21.3. The normalized spacial score (nSPS) is 14.4. The summed E-state index contributed by atoms with van der Waals surface area (Å²) in [6.07, 6.45) is 11.6. The van der Waals surface area contributed by atoms with Gasteiger partial charge in [0.25, 0.3) is 0 Å². The maximum atomic E-state index is 10.8. The van der Waals surface area contributed by atoms with Crippen LogP contribution in [-0.4, -0.2) is 194 Å². The number of carbonyl (C=O) groups excluding carboxylic acids is 8. The van der Waals surface area contributed by atoms with Crippen LogP contribution in [-0.2, 0) is 38.4 Å². The maximum absolute atomic E-state index is 10.8. The van der Waals surface area contributed by atoms with Crippen LogP contribution in [0.25, 0.3) is 0 Å². The molecule has 0 aliphatic carbocycles. The number of thioether (sulfide) groups is 6. The molecule has 376 valence electrons. The van der Waals surface area contributed by atoms with Crippen molar-refractivity contribution in [2.24, 2.45) is 45.9 Å². The fraction of sp³-hybridized carbons (Fsp3) is 0.800. The zero-order chi connectivity index (χ0) is 48.9. The van der Waals surface area contributed by atoms with Gasteiger partial charge in [0.15, 0.2) is 0 Å². The highest BCUT2D eigenvalue weighted by Crippen LogP contribution is 2.28. The number of nitrogens with two attached hydrogens (primary N) is 8. The van der Waals surface area contributed by atoms with E-state index >= 15 is 0 Å². The lowest BCUT2D eigenvalue weighted by Crippen LogP contribution is -2.50. The third-order valence-corrected chi connectivity index (χ3v) is 16.2. The Morgan fingerprint density at radius 2 is 0.672 bits per heavy atom. The first-order valence-corrected chi connectivity index (χ1v) is 27.8. The number of hydrogen-bond donors (Lipinski definition) is 10. The van der Waals surface area contributed by atoms with Crippen molar-refractivity contribution in [3.63, 3.8) is 0 Å². The lowest BCUT2D eigenvalue weighted by molar-refractivity contribution is -0.110. The molecule has 24 heteroatoms. The second-order valence-electron chi connectivity index (χ2n) is 13.2. The Bertz CT molecular complexity index is 994. The SMILES string of the molecule is NCCNC(CC=O)C(CC=O)NCCN.NCCSC(C=O)CC(CC=O)SCCN.NCCSC(C=O)CCC(C=O)SCCN.NCCSC(CC=O)C(CC=O)SCCN. The molecule has 0 aromatic heterocycles. The molecule has 0 bridgehead atoms. The summed E-state index contributed by atoms with van der Waals surface area (Å²) < 4.78 is 0. The van der Waals surface area contributed by atoms with Gasteiger partial charge in [0.05, 0.1) is 15.7 Å². The summed E-state index contributed by atoms with van der Waals surface area (Å²) in [4.78, 5) is 85.1. The average Bonchev–Trinajstić information content (AvgIpc) is 3.31. The third-order valence-electron chi connectivity index (χ3n) is 8.13. The van der Waals surface area contributed by atoms with Crippen molar-refractivity contribution in [1.29, 1.82) is 0 Å². The minimum Gasteiger partial charge on any atom is -0.330 e. The summed E-state index contributed by atoms with van der Waals surface area (Å²) >= 11 is 9.66. The van der Waals surface area contributed by atoms with E-state index in [1.807, 2.05) is 0 Å². The van der Waals surface area contributed by atoms with Crippen molar-refractivity contribution in [3.05, 3.63) is 0 Å². The third kappa shape index (κ3) is 46.2. The molecule has 8 unspecified atom stereocenters. The number of aldehydes is 8. The molecule has 18 N–H and O–H groups in total. The lowest BCUT2D eigenvalue weighted by Gasteiger charge is -2.26. The van der Waals surface area contributed by atoms with Crippen LogP contribution in [0.4, 0.5) is 0 Å². The Hall–Kier alpha value is -0.940. The van der Waals surface area contributed by atoms with Crippen molar-refractivity contribution >= 4 is 121 Å². The highest BCUT2D eigenvalue weighted by Gasteiger charge is 2.22. The van der Waals surface area contributed by atoms with Crippen molar-refractivity contribution in [2.45, 2.75) is 94.9 Å². The van der Waals surface area contributed by atoms with Gasteiger partial charge in [0.2, 0.25) is 0 Å². The predicted molar refractivity (Wildman–Crippen MR) is 279 cm³/mol. The number of nitrogens with one attached hydrogen (secondary N) is 2. The molecule has 0 radical (unpaired) electrons. The summed E-state index contributed by atoms with van der Waals surface area (Å²) in [7, 11) is 0. The molecule has 0 rings (SSSR count). The molecule has 0 aliphatic rings. The molecule has 0 fully saturated rings. The van der Waals surface area contributed by atoms with Gasteiger partial charge in [-0.2, -0.15) is 35.3 Å². The monoisotopic (exact) mass is 1020 g/mol. The van der Waals surface area contributed by atoms with Gasteiger partial charge in [-0.1, -0.05) is 0 Å². The van der Waals surface area contributed by atoms with E-state index in [2.05, 4.69) is 10.6 Å². The molecule has 0 heterocycles. The fourth-order valence-corrected chi connectivity index (χ4v) is 11.3. The van der Waals surface area contributed by atoms with E-state index in [-0.39, 0.29) is 43.6 Å². The molecule has 0 aromatic carbocycles. The smallest absolute Gasteiger partial charge is 0.132 e. The zero-order valence-electron chi connectivity index (χ0n) is 37.5. The van der Waals surface area contributed by atoms with Crippen molar-refractivity contribution in [2.75, 3.05) is 100.0 Å². The maximum Gasteiger partial charge on any atom is 0.132 e. The molecule has 8 atom stereocenters. The molecule has 0 spiro atoms. The molecule has 0 amide bonds. The molecule has 0 saturated carbocycles. The fourth-order valence-electron chi connectivity index (χ4n) is 5.17. The van der Waals surface area contributed by atoms with Gasteiger partial charge in [-0.15, -0.1) is 35.3 Å². The molecule has 0 saturated heterocycles. The van der Waals surface area contributed by atoms with E-state index in [1.165, 1.54) is 0 Å². The van der Waals surface area contributed by atoms with Crippen LogP contribution >= 0.6 is 70.6 Å². The van der Waals surface area contributed by atoms with Crippen LogP contribution in [0.2, 0.25) is 0 Å². The van der Waals surface area contributed by atoms with Crippen LogP contribution in [0.5, 0.6) is 0 Å². The zero-order valence-corrected chi connectivity index (χ0v) is 42.4. The summed E-state index contributed by atoms with van der Waals surface area (Å²) in [6, 6.07) is -0.143. The lowest BCUT2D eigenvalue weighted by atomic mass is 10.0. The topological polar surface area (TPSA) is 369 Å². The minimum absolute atomic E-state index is 0.0375. The Labute approximate surface area is 408 Å². The van der Waals surface area contributed by atoms with Gasteiger partial charge in [-0.3, -0.25) is 0 Å². The van der Waals surface area contributed by atoms with E-state index in [4.69, 9.17) is 45.9 Å². The van der Waals surface area contributed by atoms with E-state index in [0.29, 0.717) is 97.6 Å². The number of rotatable bonds is 44. The first-order chi connectivity index (χ1) is 31.1. The van der Waals surface area contributed by atoms with Gasteiger partial charge in [0.1, 0.15) is 50.3 Å². The van der Waals surface area contributed by atoms with E-state index in [0.717, 1.165) is 104 Å². The molecular formula is C40H82N10O8S6. The van der Waals surface area contributed by atoms with Crippen LogP contribution in [0, 0.1) is 0 Å². The Balaban J connectivity index is -0.000000375. The van der Waals surface area contributed by atoms with E-state index < -0.39 is 0 Å². The molecule has 64 heavy (non-hydrogen) atoms.